The predicted molar refractivity (Wildman–Crippen MR) is 115 cm³/mol. The van der Waals surface area contributed by atoms with Crippen LogP contribution in [0.4, 0.5) is 0 Å². The zero-order valence-corrected chi connectivity index (χ0v) is 16.9. The summed E-state index contributed by atoms with van der Waals surface area (Å²) in [6.07, 6.45) is 1.60. The van der Waals surface area contributed by atoms with Crippen molar-refractivity contribution in [1.29, 1.82) is 0 Å². The van der Waals surface area contributed by atoms with Gasteiger partial charge in [-0.1, -0.05) is 35.3 Å². The zero-order valence-electron chi connectivity index (χ0n) is 15.4. The first-order chi connectivity index (χ1) is 13.5. The number of pyridine rings is 3. The Balaban J connectivity index is 2.24. The van der Waals surface area contributed by atoms with Gasteiger partial charge in [0.25, 0.3) is 5.56 Å². The van der Waals surface area contributed by atoms with Gasteiger partial charge in [-0.05, 0) is 61.4 Å². The van der Waals surface area contributed by atoms with Gasteiger partial charge in [-0.2, -0.15) is 0 Å². The van der Waals surface area contributed by atoms with Gasteiger partial charge in [-0.3, -0.25) is 9.36 Å². The van der Waals surface area contributed by atoms with Gasteiger partial charge in [0, 0.05) is 34.4 Å². The van der Waals surface area contributed by atoms with E-state index in [4.69, 9.17) is 23.2 Å². The van der Waals surface area contributed by atoms with Crippen LogP contribution in [-0.2, 0) is 6.54 Å². The third-order valence-corrected chi connectivity index (χ3v) is 5.13. The number of fused-ring (bicyclic) bond motifs is 1. The van der Waals surface area contributed by atoms with E-state index >= 15 is 0 Å². The fourth-order valence-electron chi connectivity index (χ4n) is 3.48. The van der Waals surface area contributed by atoms with Gasteiger partial charge in [-0.15, -0.1) is 0 Å². The number of hydrogen-bond acceptors (Lipinski definition) is 3. The van der Waals surface area contributed by atoms with Gasteiger partial charge in [-0.25, -0.2) is 9.97 Å². The summed E-state index contributed by atoms with van der Waals surface area (Å²) in [7, 11) is 0. The molecule has 6 heteroatoms. The van der Waals surface area contributed by atoms with E-state index in [1.807, 2.05) is 50.2 Å². The van der Waals surface area contributed by atoms with Crippen LogP contribution in [0.2, 0.25) is 10.2 Å². The van der Waals surface area contributed by atoms with Crippen molar-refractivity contribution in [2.24, 2.45) is 0 Å². The average Bonchev–Trinajstić information content (AvgIpc) is 2.67. The highest BCUT2D eigenvalue weighted by Crippen LogP contribution is 2.36. The maximum absolute atomic E-state index is 13.5. The summed E-state index contributed by atoms with van der Waals surface area (Å²) < 4.78 is 1.69. The molecule has 140 valence electrons. The summed E-state index contributed by atoms with van der Waals surface area (Å²) in [5, 5.41) is 1.82. The van der Waals surface area contributed by atoms with Gasteiger partial charge in [0.1, 0.15) is 10.8 Å². The molecule has 1 aromatic carbocycles. The van der Waals surface area contributed by atoms with Gasteiger partial charge in [0.05, 0.1) is 5.56 Å². The number of aryl methyl sites for hydroxylation is 2. The molecule has 0 spiro atoms. The lowest BCUT2D eigenvalue weighted by Gasteiger charge is -2.17. The van der Waals surface area contributed by atoms with Crippen LogP contribution in [-0.4, -0.2) is 14.5 Å². The Morgan fingerprint density at radius 3 is 2.50 bits per heavy atom. The molecular weight excluding hydrogens is 393 g/mol. The Kier molecular flexibility index (Phi) is 4.92. The van der Waals surface area contributed by atoms with Crippen molar-refractivity contribution in [3.05, 3.63) is 81.0 Å². The Morgan fingerprint density at radius 2 is 1.79 bits per heavy atom. The van der Waals surface area contributed by atoms with Crippen molar-refractivity contribution in [2.75, 3.05) is 0 Å². The van der Waals surface area contributed by atoms with E-state index in [2.05, 4.69) is 9.97 Å². The Bertz CT molecular complexity index is 1260. The molecule has 0 aliphatic carbocycles. The quantitative estimate of drug-likeness (QED) is 0.404. The molecule has 3 heterocycles. The van der Waals surface area contributed by atoms with E-state index < -0.39 is 0 Å². The second kappa shape index (κ2) is 7.38. The molecule has 0 unspecified atom stereocenters. The molecule has 4 aromatic rings. The van der Waals surface area contributed by atoms with E-state index in [9.17, 15) is 4.79 Å². The highest BCUT2D eigenvalue weighted by molar-refractivity contribution is 6.31. The van der Waals surface area contributed by atoms with E-state index in [1.165, 1.54) is 0 Å². The third-order valence-electron chi connectivity index (χ3n) is 4.69. The molecule has 0 fully saturated rings. The SMILES string of the molecule is CCn1c(=O)c(-c2ccnc(Cl)c2)c(-c2cccc(Cl)c2)c2ccc(C)nc21. The maximum Gasteiger partial charge on any atom is 0.260 e. The molecule has 0 aliphatic rings. The summed E-state index contributed by atoms with van der Waals surface area (Å²) in [6.45, 7) is 4.36. The largest absolute Gasteiger partial charge is 0.292 e. The van der Waals surface area contributed by atoms with Crippen molar-refractivity contribution in [2.45, 2.75) is 20.4 Å². The molecule has 28 heavy (non-hydrogen) atoms. The van der Waals surface area contributed by atoms with Crippen LogP contribution in [0.15, 0.2) is 59.5 Å². The van der Waals surface area contributed by atoms with Crippen molar-refractivity contribution >= 4 is 34.2 Å². The summed E-state index contributed by atoms with van der Waals surface area (Å²) in [6, 6.07) is 15.0. The molecule has 3 aromatic heterocycles. The molecular formula is C22H17Cl2N3O. The highest BCUT2D eigenvalue weighted by Gasteiger charge is 2.20. The number of benzene rings is 1. The molecule has 0 bridgehead atoms. The van der Waals surface area contributed by atoms with Crippen LogP contribution in [0.5, 0.6) is 0 Å². The summed E-state index contributed by atoms with van der Waals surface area (Å²) in [5.41, 5.74) is 4.31. The first kappa shape index (κ1) is 18.7. The van der Waals surface area contributed by atoms with Gasteiger partial charge in [0.15, 0.2) is 0 Å². The summed E-state index contributed by atoms with van der Waals surface area (Å²) >= 11 is 12.4. The first-order valence-corrected chi connectivity index (χ1v) is 9.67. The van der Waals surface area contributed by atoms with Crippen LogP contribution in [0, 0.1) is 6.92 Å². The van der Waals surface area contributed by atoms with Gasteiger partial charge in [0.2, 0.25) is 0 Å². The Morgan fingerprint density at radius 1 is 1.00 bits per heavy atom. The number of hydrogen-bond donors (Lipinski definition) is 0. The first-order valence-electron chi connectivity index (χ1n) is 8.91. The minimum atomic E-state index is -0.120. The summed E-state index contributed by atoms with van der Waals surface area (Å²) in [5.74, 6) is 0. The van der Waals surface area contributed by atoms with E-state index in [-0.39, 0.29) is 5.56 Å². The number of aromatic nitrogens is 3. The summed E-state index contributed by atoms with van der Waals surface area (Å²) in [4.78, 5) is 22.3. The van der Waals surface area contributed by atoms with Crippen LogP contribution in [0.3, 0.4) is 0 Å². The molecule has 0 amide bonds. The standard InChI is InChI=1S/C22H17Cl2N3O/c1-3-27-21-17(8-7-13(2)26-21)19(14-5-4-6-16(23)11-14)20(22(27)28)15-9-10-25-18(24)12-15/h4-12H,3H2,1-2H3. The van der Waals surface area contributed by atoms with Crippen LogP contribution in [0.1, 0.15) is 12.6 Å². The average molecular weight is 410 g/mol. The van der Waals surface area contributed by atoms with Crippen molar-refractivity contribution < 1.29 is 0 Å². The number of rotatable bonds is 3. The van der Waals surface area contributed by atoms with E-state index in [0.29, 0.717) is 33.5 Å². The third kappa shape index (κ3) is 3.19. The predicted octanol–water partition coefficient (Wildman–Crippen LogP) is 5.76. The van der Waals surface area contributed by atoms with Crippen molar-refractivity contribution in [1.82, 2.24) is 14.5 Å². The van der Waals surface area contributed by atoms with Crippen molar-refractivity contribution in [3.8, 4) is 22.3 Å². The monoisotopic (exact) mass is 409 g/mol. The highest BCUT2D eigenvalue weighted by atomic mass is 35.5. The molecule has 0 aliphatic heterocycles. The Labute approximate surface area is 172 Å². The lowest BCUT2D eigenvalue weighted by molar-refractivity contribution is 0.750. The topological polar surface area (TPSA) is 47.8 Å². The molecule has 0 atom stereocenters. The van der Waals surface area contributed by atoms with Crippen molar-refractivity contribution in [3.63, 3.8) is 0 Å². The van der Waals surface area contributed by atoms with Crippen LogP contribution >= 0.6 is 23.2 Å². The molecule has 0 saturated carbocycles. The van der Waals surface area contributed by atoms with Crippen LogP contribution < -0.4 is 5.56 Å². The fourth-order valence-corrected chi connectivity index (χ4v) is 3.84. The lowest BCUT2D eigenvalue weighted by atomic mass is 9.93. The fraction of sp³-hybridized carbons (Fsp3) is 0.136. The molecule has 4 nitrogen and oxygen atoms in total. The zero-order chi connectivity index (χ0) is 19.8. The maximum atomic E-state index is 13.5. The molecule has 0 radical (unpaired) electrons. The molecule has 0 N–H and O–H groups in total. The van der Waals surface area contributed by atoms with Gasteiger partial charge >= 0.3 is 0 Å². The second-order valence-corrected chi connectivity index (χ2v) is 7.32. The smallest absolute Gasteiger partial charge is 0.260 e. The normalized spacial score (nSPS) is 11.1. The van der Waals surface area contributed by atoms with Gasteiger partial charge < -0.3 is 0 Å². The number of nitrogens with zero attached hydrogens (tertiary/aromatic N) is 3. The minimum absolute atomic E-state index is 0.120. The number of halogens is 2. The second-order valence-electron chi connectivity index (χ2n) is 6.50. The molecule has 4 rings (SSSR count). The Hall–Kier alpha value is -2.69. The molecule has 0 saturated heterocycles. The van der Waals surface area contributed by atoms with Crippen LogP contribution in [0.25, 0.3) is 33.3 Å². The van der Waals surface area contributed by atoms with E-state index in [0.717, 1.165) is 22.2 Å². The lowest BCUT2D eigenvalue weighted by Crippen LogP contribution is -2.23. The minimum Gasteiger partial charge on any atom is -0.292 e. The van der Waals surface area contributed by atoms with E-state index in [1.54, 1.807) is 22.9 Å².